The van der Waals surface area contributed by atoms with Crippen molar-refractivity contribution in [2.45, 2.75) is 19.8 Å². The average molecular weight is 184 g/mol. The number of rotatable bonds is 3. The Morgan fingerprint density at radius 2 is 2.08 bits per heavy atom. The number of aromatic hydroxyl groups is 1. The third-order valence-corrected chi connectivity index (χ3v) is 2.01. The van der Waals surface area contributed by atoms with Gasteiger partial charge in [-0.15, -0.1) is 0 Å². The van der Waals surface area contributed by atoms with Crippen molar-refractivity contribution in [1.82, 2.24) is 0 Å². The molecule has 0 aromatic heterocycles. The van der Waals surface area contributed by atoms with Gasteiger partial charge in [0.15, 0.2) is 0 Å². The van der Waals surface area contributed by atoms with Crippen LogP contribution in [-0.4, -0.2) is 16.8 Å². The van der Waals surface area contributed by atoms with Gasteiger partial charge in [-0.05, 0) is 31.4 Å². The molecule has 1 rings (SSSR count). The first-order chi connectivity index (χ1) is 6.16. The van der Waals surface area contributed by atoms with Crippen molar-refractivity contribution in [2.24, 2.45) is 0 Å². The summed E-state index contributed by atoms with van der Waals surface area (Å²) < 4.78 is 13.1. The number of aliphatic hydroxyl groups excluding tert-OH is 1. The standard InChI is InChI=1S/C10H13FO2/c1-7-4-5-9(11)8(10(7)13)3-2-6-12/h4-5,12-13H,2-3,6H2,1H3. The van der Waals surface area contributed by atoms with E-state index in [-0.39, 0.29) is 12.4 Å². The predicted molar refractivity (Wildman–Crippen MR) is 48.2 cm³/mol. The Hall–Kier alpha value is -1.09. The highest BCUT2D eigenvalue weighted by Gasteiger charge is 2.09. The summed E-state index contributed by atoms with van der Waals surface area (Å²) in [6.45, 7) is 1.73. The Morgan fingerprint density at radius 3 is 2.69 bits per heavy atom. The van der Waals surface area contributed by atoms with E-state index in [1.165, 1.54) is 12.1 Å². The number of benzene rings is 1. The minimum absolute atomic E-state index is 0.00677. The molecule has 0 spiro atoms. The third kappa shape index (κ3) is 2.18. The summed E-state index contributed by atoms with van der Waals surface area (Å²) in [7, 11) is 0. The van der Waals surface area contributed by atoms with E-state index >= 15 is 0 Å². The molecule has 0 saturated heterocycles. The second kappa shape index (κ2) is 4.23. The summed E-state index contributed by atoms with van der Waals surface area (Å²) in [5, 5.41) is 18.1. The smallest absolute Gasteiger partial charge is 0.130 e. The molecule has 2 N–H and O–H groups in total. The Balaban J connectivity index is 2.96. The average Bonchev–Trinajstić information content (AvgIpc) is 2.12. The van der Waals surface area contributed by atoms with Gasteiger partial charge in [-0.2, -0.15) is 0 Å². The minimum atomic E-state index is -0.406. The Kier molecular flexibility index (Phi) is 3.25. The van der Waals surface area contributed by atoms with E-state index in [1.807, 2.05) is 0 Å². The lowest BCUT2D eigenvalue weighted by molar-refractivity contribution is 0.287. The Labute approximate surface area is 76.6 Å². The summed E-state index contributed by atoms with van der Waals surface area (Å²) in [6, 6.07) is 2.87. The highest BCUT2D eigenvalue weighted by atomic mass is 19.1. The number of hydrogen-bond acceptors (Lipinski definition) is 2. The summed E-state index contributed by atoms with van der Waals surface area (Å²) in [4.78, 5) is 0. The zero-order valence-corrected chi connectivity index (χ0v) is 7.55. The van der Waals surface area contributed by atoms with Crippen LogP contribution in [0.15, 0.2) is 12.1 Å². The van der Waals surface area contributed by atoms with Crippen LogP contribution < -0.4 is 0 Å². The maximum Gasteiger partial charge on any atom is 0.130 e. The molecule has 0 unspecified atom stereocenters. The SMILES string of the molecule is Cc1ccc(F)c(CCCO)c1O. The van der Waals surface area contributed by atoms with Crippen LogP contribution in [0.25, 0.3) is 0 Å². The van der Waals surface area contributed by atoms with Crippen molar-refractivity contribution >= 4 is 0 Å². The van der Waals surface area contributed by atoms with Crippen molar-refractivity contribution in [1.29, 1.82) is 0 Å². The second-order valence-corrected chi connectivity index (χ2v) is 3.02. The topological polar surface area (TPSA) is 40.5 Å². The lowest BCUT2D eigenvalue weighted by Crippen LogP contribution is -1.95. The van der Waals surface area contributed by atoms with Crippen molar-refractivity contribution in [3.63, 3.8) is 0 Å². The van der Waals surface area contributed by atoms with Crippen LogP contribution in [0.4, 0.5) is 4.39 Å². The van der Waals surface area contributed by atoms with Crippen molar-refractivity contribution in [3.8, 4) is 5.75 Å². The first-order valence-electron chi connectivity index (χ1n) is 4.24. The Bertz CT molecular complexity index is 297. The number of aryl methyl sites for hydroxylation is 1. The van der Waals surface area contributed by atoms with Crippen LogP contribution in [0.3, 0.4) is 0 Å². The maximum absolute atomic E-state index is 13.1. The van der Waals surface area contributed by atoms with Gasteiger partial charge in [0.05, 0.1) is 0 Å². The molecule has 0 heterocycles. The molecule has 0 radical (unpaired) electrons. The summed E-state index contributed by atoms with van der Waals surface area (Å²) in [5.41, 5.74) is 0.961. The van der Waals surface area contributed by atoms with E-state index in [4.69, 9.17) is 5.11 Å². The van der Waals surface area contributed by atoms with Gasteiger partial charge in [0.25, 0.3) is 0 Å². The fraction of sp³-hybridized carbons (Fsp3) is 0.400. The fourth-order valence-electron chi connectivity index (χ4n) is 1.22. The van der Waals surface area contributed by atoms with Crippen LogP contribution in [0.5, 0.6) is 5.75 Å². The lowest BCUT2D eigenvalue weighted by Gasteiger charge is -2.07. The molecule has 0 aliphatic carbocycles. The van der Waals surface area contributed by atoms with Gasteiger partial charge in [0.2, 0.25) is 0 Å². The van der Waals surface area contributed by atoms with Gasteiger partial charge in [-0.1, -0.05) is 6.07 Å². The molecule has 0 fully saturated rings. The van der Waals surface area contributed by atoms with Gasteiger partial charge >= 0.3 is 0 Å². The van der Waals surface area contributed by atoms with Gasteiger partial charge < -0.3 is 10.2 Å². The normalized spacial score (nSPS) is 10.4. The summed E-state index contributed by atoms with van der Waals surface area (Å²) in [6.07, 6.45) is 0.837. The molecule has 0 aliphatic rings. The number of phenols is 1. The van der Waals surface area contributed by atoms with Crippen LogP contribution in [0, 0.1) is 12.7 Å². The van der Waals surface area contributed by atoms with Crippen LogP contribution in [0.1, 0.15) is 17.5 Å². The predicted octanol–water partition coefficient (Wildman–Crippen LogP) is 1.76. The third-order valence-electron chi connectivity index (χ3n) is 2.01. The number of hydrogen-bond donors (Lipinski definition) is 2. The van der Waals surface area contributed by atoms with Gasteiger partial charge in [0.1, 0.15) is 11.6 Å². The molecule has 1 aromatic rings. The zero-order chi connectivity index (χ0) is 9.84. The quantitative estimate of drug-likeness (QED) is 0.751. The molecule has 0 saturated carbocycles. The molecule has 3 heteroatoms. The highest BCUT2D eigenvalue weighted by Crippen LogP contribution is 2.25. The molecule has 0 bridgehead atoms. The number of halogens is 1. The summed E-state index contributed by atoms with van der Waals surface area (Å²) in [5.74, 6) is -0.398. The van der Waals surface area contributed by atoms with Crippen LogP contribution in [-0.2, 0) is 6.42 Å². The van der Waals surface area contributed by atoms with Crippen molar-refractivity contribution < 1.29 is 14.6 Å². The van der Waals surface area contributed by atoms with Crippen LogP contribution in [0.2, 0.25) is 0 Å². The largest absolute Gasteiger partial charge is 0.507 e. The highest BCUT2D eigenvalue weighted by molar-refractivity contribution is 5.40. The first-order valence-corrected chi connectivity index (χ1v) is 4.24. The van der Waals surface area contributed by atoms with E-state index in [0.29, 0.717) is 24.0 Å². The van der Waals surface area contributed by atoms with Crippen molar-refractivity contribution in [2.75, 3.05) is 6.61 Å². The zero-order valence-electron chi connectivity index (χ0n) is 7.55. The van der Waals surface area contributed by atoms with Gasteiger partial charge in [-0.3, -0.25) is 0 Å². The van der Waals surface area contributed by atoms with E-state index < -0.39 is 5.82 Å². The van der Waals surface area contributed by atoms with E-state index in [2.05, 4.69) is 0 Å². The van der Waals surface area contributed by atoms with Crippen LogP contribution >= 0.6 is 0 Å². The minimum Gasteiger partial charge on any atom is -0.507 e. The first kappa shape index (κ1) is 9.99. The van der Waals surface area contributed by atoms with E-state index in [1.54, 1.807) is 6.92 Å². The molecule has 0 aliphatic heterocycles. The number of aliphatic hydroxyl groups is 1. The number of phenolic OH excluding ortho intramolecular Hbond substituents is 1. The molecule has 2 nitrogen and oxygen atoms in total. The molecule has 0 atom stereocenters. The van der Waals surface area contributed by atoms with Crippen molar-refractivity contribution in [3.05, 3.63) is 29.1 Å². The van der Waals surface area contributed by atoms with E-state index in [9.17, 15) is 9.50 Å². The molecular weight excluding hydrogens is 171 g/mol. The molecular formula is C10H13FO2. The molecule has 1 aromatic carbocycles. The monoisotopic (exact) mass is 184 g/mol. The van der Waals surface area contributed by atoms with Gasteiger partial charge in [0, 0.05) is 12.2 Å². The summed E-state index contributed by atoms with van der Waals surface area (Å²) >= 11 is 0. The Morgan fingerprint density at radius 1 is 1.38 bits per heavy atom. The second-order valence-electron chi connectivity index (χ2n) is 3.02. The maximum atomic E-state index is 13.1. The fourth-order valence-corrected chi connectivity index (χ4v) is 1.22. The molecule has 0 amide bonds. The molecule has 72 valence electrons. The van der Waals surface area contributed by atoms with Gasteiger partial charge in [-0.25, -0.2) is 4.39 Å². The molecule has 13 heavy (non-hydrogen) atoms. The lowest BCUT2D eigenvalue weighted by atomic mass is 10.0. The van der Waals surface area contributed by atoms with E-state index in [0.717, 1.165) is 0 Å².